The Bertz CT molecular complexity index is 333. The van der Waals surface area contributed by atoms with Gasteiger partial charge in [-0.15, -0.1) is 0 Å². The summed E-state index contributed by atoms with van der Waals surface area (Å²) in [7, 11) is 0. The Labute approximate surface area is 119 Å². The standard InChI is InChI=1S/C19H32/c1-12-13(2)19-16-9-5-6-14(16)10-11-18(19)17-8-4-3-7-15(12)17/h12-19H,3-11H2,1-2H3/t12?,13?,14?,15-,16?,17?,18?,19?/m1/s1. The van der Waals surface area contributed by atoms with Gasteiger partial charge in [0, 0.05) is 0 Å². The Morgan fingerprint density at radius 3 is 2.11 bits per heavy atom. The smallest absolute Gasteiger partial charge is 0.0324 e. The normalized spacial score (nSPS) is 57.2. The monoisotopic (exact) mass is 260 g/mol. The van der Waals surface area contributed by atoms with Gasteiger partial charge in [-0.3, -0.25) is 0 Å². The zero-order valence-corrected chi connectivity index (χ0v) is 13.0. The number of rotatable bonds is 0. The Morgan fingerprint density at radius 1 is 0.526 bits per heavy atom. The third-order valence-electron chi connectivity index (χ3n) is 8.11. The molecule has 0 N–H and O–H groups in total. The summed E-state index contributed by atoms with van der Waals surface area (Å²) in [6, 6.07) is 0. The van der Waals surface area contributed by atoms with Crippen LogP contribution in [0.4, 0.5) is 0 Å². The van der Waals surface area contributed by atoms with E-state index in [4.69, 9.17) is 0 Å². The van der Waals surface area contributed by atoms with Gasteiger partial charge in [0.1, 0.15) is 0 Å². The van der Waals surface area contributed by atoms with Gasteiger partial charge < -0.3 is 0 Å². The van der Waals surface area contributed by atoms with Crippen LogP contribution < -0.4 is 0 Å². The van der Waals surface area contributed by atoms with Gasteiger partial charge in [0.15, 0.2) is 0 Å². The van der Waals surface area contributed by atoms with Crippen molar-refractivity contribution in [2.45, 2.75) is 71.6 Å². The molecule has 108 valence electrons. The van der Waals surface area contributed by atoms with Crippen LogP contribution in [0, 0.1) is 47.3 Å². The van der Waals surface area contributed by atoms with Gasteiger partial charge in [0.05, 0.1) is 0 Å². The third-order valence-corrected chi connectivity index (χ3v) is 8.11. The maximum Gasteiger partial charge on any atom is -0.0324 e. The van der Waals surface area contributed by atoms with E-state index < -0.39 is 0 Å². The largest absolute Gasteiger partial charge is 0.0620 e. The highest BCUT2D eigenvalue weighted by atomic mass is 14.6. The molecule has 0 radical (unpaired) electrons. The maximum absolute atomic E-state index is 2.63. The SMILES string of the molecule is CC1C2C3CCCC3CCC2C2CCCC[C@@H]2C1C. The van der Waals surface area contributed by atoms with Crippen molar-refractivity contribution >= 4 is 0 Å². The Kier molecular flexibility index (Phi) is 3.20. The summed E-state index contributed by atoms with van der Waals surface area (Å²) in [6.07, 6.45) is 14.1. The molecule has 0 aliphatic heterocycles. The molecule has 7 unspecified atom stereocenters. The van der Waals surface area contributed by atoms with Gasteiger partial charge in [-0.05, 0) is 79.4 Å². The lowest BCUT2D eigenvalue weighted by molar-refractivity contribution is -0.0844. The second kappa shape index (κ2) is 4.78. The molecule has 0 aromatic heterocycles. The first kappa shape index (κ1) is 12.7. The first-order valence-electron chi connectivity index (χ1n) is 9.27. The number of hydrogen-bond donors (Lipinski definition) is 0. The highest BCUT2D eigenvalue weighted by Gasteiger charge is 2.53. The van der Waals surface area contributed by atoms with Crippen molar-refractivity contribution in [1.29, 1.82) is 0 Å². The fraction of sp³-hybridized carbons (Fsp3) is 1.00. The summed E-state index contributed by atoms with van der Waals surface area (Å²) in [5, 5.41) is 0. The Morgan fingerprint density at radius 2 is 1.26 bits per heavy atom. The first-order valence-corrected chi connectivity index (χ1v) is 9.27. The molecule has 8 atom stereocenters. The summed E-state index contributed by atoms with van der Waals surface area (Å²) in [5.74, 6) is 8.80. The van der Waals surface area contributed by atoms with E-state index in [1.807, 2.05) is 0 Å². The van der Waals surface area contributed by atoms with Crippen molar-refractivity contribution in [3.8, 4) is 0 Å². The molecule has 0 aromatic carbocycles. The molecule has 4 aliphatic carbocycles. The molecule has 0 aromatic rings. The lowest BCUT2D eigenvalue weighted by Crippen LogP contribution is -2.50. The zero-order chi connectivity index (χ0) is 13.0. The van der Waals surface area contributed by atoms with Crippen LogP contribution in [0.25, 0.3) is 0 Å². The van der Waals surface area contributed by atoms with Crippen LogP contribution in [0.1, 0.15) is 71.6 Å². The molecular weight excluding hydrogens is 228 g/mol. The van der Waals surface area contributed by atoms with Crippen molar-refractivity contribution < 1.29 is 0 Å². The van der Waals surface area contributed by atoms with Gasteiger partial charge >= 0.3 is 0 Å². The highest BCUT2D eigenvalue weighted by molar-refractivity contribution is 5.02. The van der Waals surface area contributed by atoms with Crippen LogP contribution in [0.15, 0.2) is 0 Å². The molecule has 4 aliphatic rings. The van der Waals surface area contributed by atoms with Crippen LogP contribution in [0.5, 0.6) is 0 Å². The molecule has 0 heterocycles. The zero-order valence-electron chi connectivity index (χ0n) is 13.0. The molecule has 0 nitrogen and oxygen atoms in total. The highest BCUT2D eigenvalue weighted by Crippen LogP contribution is 2.61. The first-order chi connectivity index (χ1) is 9.27. The molecule has 0 saturated heterocycles. The molecule has 4 saturated carbocycles. The van der Waals surface area contributed by atoms with Crippen LogP contribution in [0.3, 0.4) is 0 Å². The minimum absolute atomic E-state index is 1.02. The van der Waals surface area contributed by atoms with Crippen molar-refractivity contribution in [2.24, 2.45) is 47.3 Å². The summed E-state index contributed by atoms with van der Waals surface area (Å²) in [6.45, 7) is 5.25. The fourth-order valence-corrected chi connectivity index (χ4v) is 7.24. The molecule has 4 fully saturated rings. The van der Waals surface area contributed by atoms with Crippen LogP contribution in [-0.4, -0.2) is 0 Å². The Balaban J connectivity index is 1.65. The Hall–Kier alpha value is 0. The van der Waals surface area contributed by atoms with E-state index in [1.165, 1.54) is 6.42 Å². The molecule has 19 heavy (non-hydrogen) atoms. The predicted octanol–water partition coefficient (Wildman–Crippen LogP) is 5.52. The molecular formula is C19H32. The van der Waals surface area contributed by atoms with Crippen LogP contribution in [-0.2, 0) is 0 Å². The van der Waals surface area contributed by atoms with Crippen LogP contribution in [0.2, 0.25) is 0 Å². The van der Waals surface area contributed by atoms with Gasteiger partial charge in [0.2, 0.25) is 0 Å². The molecule has 0 amide bonds. The molecule has 0 heteroatoms. The summed E-state index contributed by atoms with van der Waals surface area (Å²) in [4.78, 5) is 0. The van der Waals surface area contributed by atoms with E-state index in [0.717, 1.165) is 47.3 Å². The van der Waals surface area contributed by atoms with E-state index >= 15 is 0 Å². The van der Waals surface area contributed by atoms with Crippen molar-refractivity contribution in [2.75, 3.05) is 0 Å². The minimum Gasteiger partial charge on any atom is -0.0620 e. The summed E-state index contributed by atoms with van der Waals surface area (Å²) in [5.41, 5.74) is 0. The number of fused-ring (bicyclic) bond motifs is 5. The molecule has 4 rings (SSSR count). The van der Waals surface area contributed by atoms with E-state index in [0.29, 0.717) is 0 Å². The van der Waals surface area contributed by atoms with Gasteiger partial charge in [0.25, 0.3) is 0 Å². The second-order valence-corrected chi connectivity index (χ2v) is 8.50. The van der Waals surface area contributed by atoms with E-state index in [-0.39, 0.29) is 0 Å². The average Bonchev–Trinajstić information content (AvgIpc) is 2.92. The lowest BCUT2D eigenvalue weighted by atomic mass is 9.48. The number of hydrogen-bond acceptors (Lipinski definition) is 0. The van der Waals surface area contributed by atoms with E-state index in [1.54, 1.807) is 51.4 Å². The van der Waals surface area contributed by atoms with Crippen LogP contribution >= 0.6 is 0 Å². The lowest BCUT2D eigenvalue weighted by Gasteiger charge is -2.57. The van der Waals surface area contributed by atoms with Crippen molar-refractivity contribution in [3.05, 3.63) is 0 Å². The third kappa shape index (κ3) is 1.84. The quantitative estimate of drug-likeness (QED) is 0.538. The van der Waals surface area contributed by atoms with Gasteiger partial charge in [-0.1, -0.05) is 39.5 Å². The van der Waals surface area contributed by atoms with E-state index in [9.17, 15) is 0 Å². The van der Waals surface area contributed by atoms with Gasteiger partial charge in [-0.2, -0.15) is 0 Å². The van der Waals surface area contributed by atoms with E-state index in [2.05, 4.69) is 13.8 Å². The summed E-state index contributed by atoms with van der Waals surface area (Å²) >= 11 is 0. The van der Waals surface area contributed by atoms with Crippen molar-refractivity contribution in [1.82, 2.24) is 0 Å². The summed E-state index contributed by atoms with van der Waals surface area (Å²) < 4.78 is 0. The average molecular weight is 260 g/mol. The minimum atomic E-state index is 1.02. The van der Waals surface area contributed by atoms with Crippen molar-refractivity contribution in [3.63, 3.8) is 0 Å². The predicted molar refractivity (Wildman–Crippen MR) is 80.8 cm³/mol. The maximum atomic E-state index is 2.63. The molecule has 0 bridgehead atoms. The molecule has 0 spiro atoms. The topological polar surface area (TPSA) is 0 Å². The van der Waals surface area contributed by atoms with Gasteiger partial charge in [-0.25, -0.2) is 0 Å². The second-order valence-electron chi connectivity index (χ2n) is 8.50. The fourth-order valence-electron chi connectivity index (χ4n) is 7.24.